The minimum absolute atomic E-state index is 0.0728. The summed E-state index contributed by atoms with van der Waals surface area (Å²) in [6.07, 6.45) is 4.75. The van der Waals surface area contributed by atoms with Gasteiger partial charge in [-0.05, 0) is 24.9 Å². The van der Waals surface area contributed by atoms with E-state index in [0.717, 1.165) is 11.5 Å². The Morgan fingerprint density at radius 3 is 2.61 bits per heavy atom. The lowest BCUT2D eigenvalue weighted by Crippen LogP contribution is -2.16. The molecule has 0 radical (unpaired) electrons. The molecule has 4 rings (SSSR count). The van der Waals surface area contributed by atoms with E-state index in [1.54, 1.807) is 25.6 Å². The summed E-state index contributed by atoms with van der Waals surface area (Å²) < 4.78 is 15.6. The molecule has 4 aromatic heterocycles. The number of nitrogens with zero attached hydrogens (tertiary/aromatic N) is 7. The van der Waals surface area contributed by atoms with Crippen LogP contribution >= 0.6 is 23.5 Å². The lowest BCUT2D eigenvalue weighted by atomic mass is 10.1. The molecule has 0 aliphatic rings. The predicted molar refractivity (Wildman–Crippen MR) is 126 cm³/mol. The molecule has 10 nitrogen and oxygen atoms in total. The van der Waals surface area contributed by atoms with Crippen LogP contribution in [0.15, 0.2) is 47.4 Å². The number of nitrogens with one attached hydrogen (secondary N) is 1. The number of anilines is 1. The average molecular weight is 487 g/mol. The largest absolute Gasteiger partial charge is 0.481 e. The highest BCUT2D eigenvalue weighted by atomic mass is 35.5. The van der Waals surface area contributed by atoms with Crippen molar-refractivity contribution in [3.8, 4) is 17.4 Å². The minimum atomic E-state index is -0.211. The van der Waals surface area contributed by atoms with Crippen molar-refractivity contribution >= 4 is 29.5 Å². The molecule has 0 aromatic carbocycles. The zero-order valence-corrected chi connectivity index (χ0v) is 20.1. The van der Waals surface area contributed by atoms with E-state index in [2.05, 4.69) is 48.9 Å². The molecule has 0 bridgehead atoms. The van der Waals surface area contributed by atoms with Crippen LogP contribution in [0.4, 0.5) is 5.95 Å². The standard InChI is InChI=1S/C21H23ClN8O2S/c1-12(19-23-10-15(22)11-24-19)14(3)33-29-21-27-26-20(17-6-5-7-18(25-17)31-4)30(21)13(2)16-8-9-32-28-16/h5-14H,1-4H3,(H,27,29). The van der Waals surface area contributed by atoms with Gasteiger partial charge in [-0.3, -0.25) is 9.29 Å². The highest BCUT2D eigenvalue weighted by molar-refractivity contribution is 8.01. The topological polar surface area (TPSA) is 117 Å². The quantitative estimate of drug-likeness (QED) is 0.335. The summed E-state index contributed by atoms with van der Waals surface area (Å²) >= 11 is 7.42. The fourth-order valence-electron chi connectivity index (χ4n) is 3.14. The van der Waals surface area contributed by atoms with Gasteiger partial charge in [-0.25, -0.2) is 15.0 Å². The van der Waals surface area contributed by atoms with Crippen LogP contribution in [0.1, 0.15) is 44.2 Å². The molecule has 0 fully saturated rings. The zero-order valence-electron chi connectivity index (χ0n) is 18.5. The lowest BCUT2D eigenvalue weighted by Gasteiger charge is -2.20. The number of hydrogen-bond acceptors (Lipinski definition) is 10. The summed E-state index contributed by atoms with van der Waals surface area (Å²) in [6, 6.07) is 7.10. The molecule has 3 unspecified atom stereocenters. The summed E-state index contributed by atoms with van der Waals surface area (Å²) in [5.74, 6) is 2.43. The summed E-state index contributed by atoms with van der Waals surface area (Å²) in [6.45, 7) is 6.15. The first-order chi connectivity index (χ1) is 16.0. The van der Waals surface area contributed by atoms with Gasteiger partial charge in [-0.15, -0.1) is 10.2 Å². The van der Waals surface area contributed by atoms with Crippen molar-refractivity contribution in [2.24, 2.45) is 0 Å². The fraction of sp³-hybridized carbons (Fsp3) is 0.333. The van der Waals surface area contributed by atoms with Crippen molar-refractivity contribution in [1.82, 2.24) is 34.9 Å². The van der Waals surface area contributed by atoms with Gasteiger partial charge in [0.1, 0.15) is 23.5 Å². The number of aromatic nitrogens is 7. The maximum Gasteiger partial charge on any atom is 0.235 e. The maximum absolute atomic E-state index is 5.91. The second-order valence-corrected chi connectivity index (χ2v) is 8.98. The Morgan fingerprint density at radius 1 is 1.12 bits per heavy atom. The number of ether oxygens (including phenoxy) is 1. The van der Waals surface area contributed by atoms with E-state index in [0.29, 0.717) is 28.4 Å². The third-order valence-corrected chi connectivity index (χ3v) is 6.49. The van der Waals surface area contributed by atoms with E-state index in [4.69, 9.17) is 20.9 Å². The van der Waals surface area contributed by atoms with Crippen molar-refractivity contribution in [3.63, 3.8) is 0 Å². The van der Waals surface area contributed by atoms with Gasteiger partial charge in [-0.2, -0.15) is 0 Å². The van der Waals surface area contributed by atoms with E-state index < -0.39 is 0 Å². The predicted octanol–water partition coefficient (Wildman–Crippen LogP) is 4.64. The van der Waals surface area contributed by atoms with Gasteiger partial charge in [0.05, 0.1) is 18.2 Å². The molecule has 0 amide bonds. The summed E-state index contributed by atoms with van der Waals surface area (Å²) in [4.78, 5) is 13.2. The molecule has 4 heterocycles. The van der Waals surface area contributed by atoms with Crippen LogP contribution in [0, 0.1) is 0 Å². The van der Waals surface area contributed by atoms with E-state index in [1.807, 2.05) is 29.7 Å². The Morgan fingerprint density at radius 2 is 1.91 bits per heavy atom. The van der Waals surface area contributed by atoms with Crippen LogP contribution in [0.25, 0.3) is 11.5 Å². The monoisotopic (exact) mass is 486 g/mol. The molecule has 4 aromatic rings. The molecule has 0 saturated carbocycles. The second kappa shape index (κ2) is 10.2. The van der Waals surface area contributed by atoms with E-state index in [-0.39, 0.29) is 17.2 Å². The Kier molecular flexibility index (Phi) is 7.09. The molecule has 3 atom stereocenters. The van der Waals surface area contributed by atoms with Gasteiger partial charge in [0.15, 0.2) is 5.82 Å². The van der Waals surface area contributed by atoms with E-state index in [1.165, 1.54) is 18.2 Å². The second-order valence-electron chi connectivity index (χ2n) is 7.36. The number of hydrogen-bond donors (Lipinski definition) is 1. The Balaban J connectivity index is 1.61. The number of methoxy groups -OCH3 is 1. The van der Waals surface area contributed by atoms with Crippen molar-refractivity contribution < 1.29 is 9.26 Å². The first kappa shape index (κ1) is 23.0. The van der Waals surface area contributed by atoms with Crippen LogP contribution < -0.4 is 9.46 Å². The summed E-state index contributed by atoms with van der Waals surface area (Å²) in [7, 11) is 1.57. The van der Waals surface area contributed by atoms with Crippen LogP contribution in [0.2, 0.25) is 5.02 Å². The highest BCUT2D eigenvalue weighted by Gasteiger charge is 2.24. The fourth-order valence-corrected chi connectivity index (χ4v) is 3.99. The highest BCUT2D eigenvalue weighted by Crippen LogP contribution is 2.32. The van der Waals surface area contributed by atoms with Crippen molar-refractivity contribution in [1.29, 1.82) is 0 Å². The Hall–Kier alpha value is -3.18. The van der Waals surface area contributed by atoms with Crippen LogP contribution in [-0.2, 0) is 0 Å². The number of halogens is 1. The molecular weight excluding hydrogens is 464 g/mol. The number of rotatable bonds is 9. The minimum Gasteiger partial charge on any atom is -0.481 e. The molecule has 1 N–H and O–H groups in total. The summed E-state index contributed by atoms with van der Waals surface area (Å²) in [5.41, 5.74) is 1.37. The molecule has 172 valence electrons. The van der Waals surface area contributed by atoms with Crippen LogP contribution in [0.3, 0.4) is 0 Å². The Bertz CT molecular complexity index is 1190. The van der Waals surface area contributed by atoms with Gasteiger partial charge in [-0.1, -0.05) is 36.7 Å². The summed E-state index contributed by atoms with van der Waals surface area (Å²) in [5, 5.41) is 13.5. The third kappa shape index (κ3) is 5.09. The molecule has 0 saturated heterocycles. The van der Waals surface area contributed by atoms with Gasteiger partial charge >= 0.3 is 0 Å². The van der Waals surface area contributed by atoms with Crippen molar-refractivity contribution in [2.45, 2.75) is 38.0 Å². The molecule has 0 spiro atoms. The first-order valence-corrected chi connectivity index (χ1v) is 11.5. The SMILES string of the molecule is COc1cccc(-c2nnc(NSC(C)C(C)c3ncc(Cl)cn3)n2C(C)c2ccon2)n1. The molecule has 12 heteroatoms. The van der Waals surface area contributed by atoms with Gasteiger partial charge in [0, 0.05) is 35.7 Å². The smallest absolute Gasteiger partial charge is 0.235 e. The van der Waals surface area contributed by atoms with E-state index in [9.17, 15) is 0 Å². The lowest BCUT2D eigenvalue weighted by molar-refractivity contribution is 0.397. The van der Waals surface area contributed by atoms with E-state index >= 15 is 0 Å². The third-order valence-electron chi connectivity index (χ3n) is 5.22. The van der Waals surface area contributed by atoms with Crippen LogP contribution in [0.5, 0.6) is 5.88 Å². The first-order valence-electron chi connectivity index (χ1n) is 10.2. The van der Waals surface area contributed by atoms with Crippen molar-refractivity contribution in [3.05, 3.63) is 59.5 Å². The normalized spacial score (nSPS) is 14.0. The molecule has 33 heavy (non-hydrogen) atoms. The van der Waals surface area contributed by atoms with Gasteiger partial charge in [0.25, 0.3) is 0 Å². The molecular formula is C21H23ClN8O2S. The van der Waals surface area contributed by atoms with Gasteiger partial charge < -0.3 is 9.26 Å². The zero-order chi connectivity index (χ0) is 23.4. The van der Waals surface area contributed by atoms with Gasteiger partial charge in [0.2, 0.25) is 11.8 Å². The maximum atomic E-state index is 5.91. The Labute approximate surface area is 200 Å². The average Bonchev–Trinajstić information content (AvgIpc) is 3.52. The molecule has 0 aliphatic carbocycles. The number of pyridine rings is 1. The molecule has 0 aliphatic heterocycles. The van der Waals surface area contributed by atoms with Crippen LogP contribution in [-0.4, -0.2) is 47.2 Å². The van der Waals surface area contributed by atoms with Crippen molar-refractivity contribution in [2.75, 3.05) is 11.8 Å².